The maximum absolute atomic E-state index is 13.1. The Balaban J connectivity index is 1.67. The summed E-state index contributed by atoms with van der Waals surface area (Å²) in [4.78, 5) is 17.1. The second-order valence-electron chi connectivity index (χ2n) is 7.51. The molecule has 2 aromatic carbocycles. The molecule has 0 radical (unpaired) electrons. The van der Waals surface area contributed by atoms with Crippen LogP contribution in [0, 0.1) is 11.3 Å². The van der Waals surface area contributed by atoms with E-state index in [0.29, 0.717) is 30.5 Å². The lowest BCUT2D eigenvalue weighted by Crippen LogP contribution is -2.47. The van der Waals surface area contributed by atoms with Crippen molar-refractivity contribution >= 4 is 23.4 Å². The van der Waals surface area contributed by atoms with Gasteiger partial charge in [0.15, 0.2) is 11.5 Å². The van der Waals surface area contributed by atoms with E-state index in [1.165, 1.54) is 17.3 Å². The lowest BCUT2D eigenvalue weighted by atomic mass is 9.86. The van der Waals surface area contributed by atoms with Crippen LogP contribution in [0.15, 0.2) is 53.1 Å². The lowest BCUT2D eigenvalue weighted by Gasteiger charge is -2.42. The summed E-state index contributed by atoms with van der Waals surface area (Å²) < 4.78 is 5.50. The molecule has 0 aromatic heterocycles. The van der Waals surface area contributed by atoms with Crippen molar-refractivity contribution < 1.29 is 14.6 Å². The smallest absolute Gasteiger partial charge is 0.229 e. The number of phenolic OH excluding ortho intramolecular Hbond substituents is 1. The molecule has 0 spiro atoms. The fourth-order valence-electron chi connectivity index (χ4n) is 4.14. The van der Waals surface area contributed by atoms with Gasteiger partial charge in [0, 0.05) is 18.0 Å². The van der Waals surface area contributed by atoms with E-state index >= 15 is 0 Å². The molecular weight excluding hydrogens is 410 g/mol. The van der Waals surface area contributed by atoms with Crippen LogP contribution >= 0.6 is 11.8 Å². The summed E-state index contributed by atoms with van der Waals surface area (Å²) in [6.07, 6.45) is 1.13. The average Bonchev–Trinajstić information content (AvgIpc) is 2.80. The maximum Gasteiger partial charge on any atom is 0.229 e. The molecule has 1 fully saturated rings. The molecule has 7 heteroatoms. The molecule has 1 atom stereocenters. The number of aryl methyl sites for hydroxylation is 1. The van der Waals surface area contributed by atoms with Crippen LogP contribution in [0.5, 0.6) is 11.5 Å². The molecule has 4 rings (SSSR count). The Morgan fingerprint density at radius 2 is 2.06 bits per heavy atom. The number of ether oxygens (including phenoxy) is 1. The van der Waals surface area contributed by atoms with Gasteiger partial charge in [-0.05, 0) is 42.7 Å². The molecule has 0 aliphatic carbocycles. The minimum Gasteiger partial charge on any atom is -0.504 e. The number of amides is 1. The Morgan fingerprint density at radius 1 is 1.26 bits per heavy atom. The van der Waals surface area contributed by atoms with Crippen LogP contribution in [0.1, 0.15) is 37.3 Å². The number of aromatic hydroxyl groups is 1. The molecule has 0 saturated carbocycles. The number of allylic oxidation sites excluding steroid dienone is 1. The van der Waals surface area contributed by atoms with Gasteiger partial charge in [-0.3, -0.25) is 9.69 Å². The van der Waals surface area contributed by atoms with Crippen LogP contribution in [0.3, 0.4) is 0 Å². The van der Waals surface area contributed by atoms with E-state index in [1.54, 1.807) is 23.1 Å². The van der Waals surface area contributed by atoms with Crippen LogP contribution in [-0.2, 0) is 11.2 Å². The highest BCUT2D eigenvalue weighted by molar-refractivity contribution is 8.03. The van der Waals surface area contributed by atoms with Crippen molar-refractivity contribution in [2.24, 2.45) is 0 Å². The molecule has 0 unspecified atom stereocenters. The van der Waals surface area contributed by atoms with Gasteiger partial charge in [-0.15, -0.1) is 0 Å². The highest BCUT2D eigenvalue weighted by Crippen LogP contribution is 2.44. The number of rotatable bonds is 5. The fraction of sp³-hybridized carbons (Fsp3) is 0.333. The molecule has 160 valence electrons. The monoisotopic (exact) mass is 435 g/mol. The standard InChI is InChI=1S/C24H25N3O3S/c1-3-16-7-5-6-8-20(16)26-14-27-23(29)12-18(19(13-25)24(27)31-15-26)17-9-10-21(28)22(11-17)30-4-2/h5-11,18,28H,3-4,12,14-15H2,1-2H3/t18-/m0/s1. The highest BCUT2D eigenvalue weighted by Gasteiger charge is 2.38. The van der Waals surface area contributed by atoms with E-state index < -0.39 is 0 Å². The summed E-state index contributed by atoms with van der Waals surface area (Å²) in [6, 6.07) is 15.7. The molecule has 1 saturated heterocycles. The van der Waals surface area contributed by atoms with Gasteiger partial charge in [-0.1, -0.05) is 43.0 Å². The van der Waals surface area contributed by atoms with Crippen molar-refractivity contribution in [2.75, 3.05) is 24.1 Å². The van der Waals surface area contributed by atoms with Crippen molar-refractivity contribution in [1.82, 2.24) is 4.90 Å². The average molecular weight is 436 g/mol. The number of hydrogen-bond acceptors (Lipinski definition) is 6. The molecular formula is C24H25N3O3S. The van der Waals surface area contributed by atoms with Crippen molar-refractivity contribution in [2.45, 2.75) is 32.6 Å². The van der Waals surface area contributed by atoms with Gasteiger partial charge in [-0.2, -0.15) is 5.26 Å². The number of nitriles is 1. The molecule has 2 aromatic rings. The zero-order chi connectivity index (χ0) is 22.0. The van der Waals surface area contributed by atoms with E-state index in [-0.39, 0.29) is 24.0 Å². The van der Waals surface area contributed by atoms with E-state index in [1.807, 2.05) is 19.1 Å². The molecule has 2 aliphatic rings. The number of nitrogens with zero attached hydrogens (tertiary/aromatic N) is 3. The normalized spacial score (nSPS) is 18.6. The number of benzene rings is 2. The van der Waals surface area contributed by atoms with Gasteiger partial charge in [0.25, 0.3) is 0 Å². The number of hydrogen-bond donors (Lipinski definition) is 1. The molecule has 6 nitrogen and oxygen atoms in total. The Kier molecular flexibility index (Phi) is 6.10. The fourth-order valence-corrected chi connectivity index (χ4v) is 5.29. The second kappa shape index (κ2) is 8.94. The third-order valence-electron chi connectivity index (χ3n) is 5.69. The second-order valence-corrected chi connectivity index (χ2v) is 8.44. The zero-order valence-corrected chi connectivity index (χ0v) is 18.5. The van der Waals surface area contributed by atoms with Crippen molar-refractivity contribution in [3.8, 4) is 17.6 Å². The number of carbonyl (C=O) groups excluding carboxylic acids is 1. The number of thioether (sulfide) groups is 1. The maximum atomic E-state index is 13.1. The predicted octanol–water partition coefficient (Wildman–Crippen LogP) is 4.57. The number of carbonyl (C=O) groups is 1. The molecule has 1 amide bonds. The lowest BCUT2D eigenvalue weighted by molar-refractivity contribution is -0.129. The topological polar surface area (TPSA) is 76.8 Å². The summed E-state index contributed by atoms with van der Waals surface area (Å²) in [5, 5.41) is 20.7. The highest BCUT2D eigenvalue weighted by atomic mass is 32.2. The quantitative estimate of drug-likeness (QED) is 0.741. The molecule has 1 N–H and O–H groups in total. The number of anilines is 1. The van der Waals surface area contributed by atoms with Gasteiger partial charge >= 0.3 is 0 Å². The third kappa shape index (κ3) is 3.96. The van der Waals surface area contributed by atoms with Crippen LogP contribution in [0.2, 0.25) is 0 Å². The first-order chi connectivity index (χ1) is 15.1. The van der Waals surface area contributed by atoms with Gasteiger partial charge in [-0.25, -0.2) is 0 Å². The van der Waals surface area contributed by atoms with Crippen molar-refractivity contribution in [3.63, 3.8) is 0 Å². The summed E-state index contributed by atoms with van der Waals surface area (Å²) in [7, 11) is 0. The molecule has 2 heterocycles. The summed E-state index contributed by atoms with van der Waals surface area (Å²) in [5.74, 6) is 0.753. The van der Waals surface area contributed by atoms with Gasteiger partial charge in [0.1, 0.15) is 0 Å². The number of para-hydroxylation sites is 1. The van der Waals surface area contributed by atoms with Crippen molar-refractivity contribution in [1.29, 1.82) is 5.26 Å². The van der Waals surface area contributed by atoms with Gasteiger partial charge in [0.2, 0.25) is 5.91 Å². The number of fused-ring (bicyclic) bond motifs is 1. The first kappa shape index (κ1) is 21.1. The van der Waals surface area contributed by atoms with Crippen LogP contribution in [-0.4, -0.2) is 35.1 Å². The Labute approximate surface area is 186 Å². The minimum atomic E-state index is -0.342. The summed E-state index contributed by atoms with van der Waals surface area (Å²) in [6.45, 7) is 4.83. The first-order valence-electron chi connectivity index (χ1n) is 10.4. The molecule has 31 heavy (non-hydrogen) atoms. The van der Waals surface area contributed by atoms with E-state index in [4.69, 9.17) is 4.74 Å². The van der Waals surface area contributed by atoms with E-state index in [9.17, 15) is 15.2 Å². The van der Waals surface area contributed by atoms with Crippen LogP contribution < -0.4 is 9.64 Å². The van der Waals surface area contributed by atoms with E-state index in [2.05, 4.69) is 30.0 Å². The summed E-state index contributed by atoms with van der Waals surface area (Å²) >= 11 is 1.53. The molecule has 2 aliphatic heterocycles. The van der Waals surface area contributed by atoms with E-state index in [0.717, 1.165) is 22.7 Å². The van der Waals surface area contributed by atoms with Crippen LogP contribution in [0.25, 0.3) is 0 Å². The molecule has 0 bridgehead atoms. The third-order valence-corrected chi connectivity index (χ3v) is 6.85. The Morgan fingerprint density at radius 3 is 2.81 bits per heavy atom. The largest absolute Gasteiger partial charge is 0.504 e. The number of phenols is 1. The van der Waals surface area contributed by atoms with Crippen LogP contribution in [0.4, 0.5) is 5.69 Å². The SMILES string of the molecule is CCOc1cc([C@@H]2CC(=O)N3CN(c4ccccc4CC)CSC3=C2C#N)ccc1O. The van der Waals surface area contributed by atoms with Crippen molar-refractivity contribution in [3.05, 3.63) is 64.2 Å². The van der Waals surface area contributed by atoms with Gasteiger partial charge < -0.3 is 14.7 Å². The zero-order valence-electron chi connectivity index (χ0n) is 17.7. The predicted molar refractivity (Wildman–Crippen MR) is 122 cm³/mol. The minimum absolute atomic E-state index is 0.00351. The summed E-state index contributed by atoms with van der Waals surface area (Å²) in [5.41, 5.74) is 3.77. The Bertz CT molecular complexity index is 1080. The Hall–Kier alpha value is -3.11. The first-order valence-corrected chi connectivity index (χ1v) is 11.4. The van der Waals surface area contributed by atoms with Gasteiger partial charge in [0.05, 0.1) is 35.8 Å².